The number of aliphatic hydroxyl groups is 3. The van der Waals surface area contributed by atoms with E-state index in [1.165, 1.54) is 135 Å². The Balaban J connectivity index is 0.978. The Hall–Kier alpha value is -4.72. The van der Waals surface area contributed by atoms with Gasteiger partial charge in [0.15, 0.2) is 11.9 Å². The first-order chi connectivity index (χ1) is 49.4. The quantitative estimate of drug-likeness (QED) is 0.00981. The number of carbonyl (C=O) groups excluding carboxylic acids is 6. The number of carbonyl (C=O) groups is 6. The van der Waals surface area contributed by atoms with Crippen LogP contribution < -0.4 is 0 Å². The first kappa shape index (κ1) is 83.9. The van der Waals surface area contributed by atoms with Crippen molar-refractivity contribution in [2.75, 3.05) is 13.7 Å². The van der Waals surface area contributed by atoms with Crippen LogP contribution in [0.15, 0.2) is 59.8 Å². The second kappa shape index (κ2) is 41.0. The first-order valence-corrected chi connectivity index (χ1v) is 40.9. The molecule has 18 heteroatoms. The molecule has 4 heterocycles. The molecule has 3 saturated heterocycles. The van der Waals surface area contributed by atoms with Gasteiger partial charge in [0.1, 0.15) is 24.9 Å². The third-order valence-electron chi connectivity index (χ3n) is 24.4. The van der Waals surface area contributed by atoms with Gasteiger partial charge in [-0.3, -0.25) is 19.2 Å². The molecule has 9 unspecified atom stereocenters. The van der Waals surface area contributed by atoms with Crippen molar-refractivity contribution in [3.05, 3.63) is 59.8 Å². The Labute approximate surface area is 617 Å². The number of ether oxygens (including phenoxy) is 9. The standard InChI is InChI=1S/C85H134O18/c1-10-13-16-19-28-37-78(90)101-81-68(51-79(91)95-9)50-71-54-74(58(4)97-76(88)35-29-22-17-20-26-33-62-46-66(62)48-64-44-60(64)31-24-14-11-2)99-80(92)53-69(87)52-72-55-75(100-77(89)36-30-23-18-21-27-34-63-47-67(63)49-65-45-61(65)32-25-15-12-3)83(7,8)84(93,102-72)56-73-43-59(39-41-96-57-86)42-70(98-73)38-40-82(5,6)85(81,94)103-71/h16,19,28,37-40,51,57-58,60-67,69-75,81,87,93-94H,10-15,17-18,20-27,29-36,41-50,52-56H2,1-9H3/t58?,60?,61?,62?,63?,64?,65?,66?,67?,69-,70+,71+,72-,73+,74-,75+,81+,84+,85-/m1/s1. The van der Waals surface area contributed by atoms with Gasteiger partial charge in [-0.25, -0.2) is 9.59 Å². The summed E-state index contributed by atoms with van der Waals surface area (Å²) in [6.45, 7) is 15.4. The summed E-state index contributed by atoms with van der Waals surface area (Å²) < 4.78 is 55.6. The number of cyclic esters (lactones) is 1. The lowest BCUT2D eigenvalue weighted by Crippen LogP contribution is -2.62. The molecule has 6 bridgehead atoms. The highest BCUT2D eigenvalue weighted by molar-refractivity contribution is 5.84. The number of fused-ring (bicyclic) bond motifs is 6. The van der Waals surface area contributed by atoms with Crippen LogP contribution in [-0.4, -0.2) is 132 Å². The fourth-order valence-corrected chi connectivity index (χ4v) is 17.3. The first-order valence-electron chi connectivity index (χ1n) is 40.9. The monoisotopic (exact) mass is 1440 g/mol. The number of unbranched alkanes of at least 4 members (excludes halogenated alkanes) is 13. The number of methoxy groups -OCH3 is 1. The molecule has 0 aromatic heterocycles. The van der Waals surface area contributed by atoms with E-state index in [0.29, 0.717) is 25.7 Å². The van der Waals surface area contributed by atoms with E-state index in [0.717, 1.165) is 110 Å². The van der Waals surface area contributed by atoms with E-state index < -0.39 is 114 Å². The van der Waals surface area contributed by atoms with E-state index >= 15 is 0 Å². The average molecular weight is 1440 g/mol. The predicted octanol–water partition coefficient (Wildman–Crippen LogP) is 16.8. The van der Waals surface area contributed by atoms with E-state index in [1.807, 2.05) is 13.0 Å². The number of esters is 5. The smallest absolute Gasteiger partial charge is 0.331 e. The van der Waals surface area contributed by atoms with Crippen molar-refractivity contribution in [3.63, 3.8) is 0 Å². The van der Waals surface area contributed by atoms with Crippen molar-refractivity contribution >= 4 is 36.3 Å². The Kier molecular flexibility index (Phi) is 33.4. The second-order valence-corrected chi connectivity index (χ2v) is 33.7. The van der Waals surface area contributed by atoms with Gasteiger partial charge in [0, 0.05) is 56.1 Å². The average Bonchev–Trinajstić information content (AvgIpc) is 1.72. The highest BCUT2D eigenvalue weighted by Gasteiger charge is 2.60. The van der Waals surface area contributed by atoms with Crippen LogP contribution in [0.1, 0.15) is 299 Å². The molecule has 0 radical (unpaired) electrons. The van der Waals surface area contributed by atoms with E-state index in [-0.39, 0.29) is 63.5 Å². The predicted molar refractivity (Wildman–Crippen MR) is 395 cm³/mol. The Morgan fingerprint density at radius 1 is 0.631 bits per heavy atom. The van der Waals surface area contributed by atoms with Crippen LogP contribution in [0.5, 0.6) is 0 Å². The van der Waals surface area contributed by atoms with Gasteiger partial charge in [-0.15, -0.1) is 0 Å². The third-order valence-corrected chi connectivity index (χ3v) is 24.4. The summed E-state index contributed by atoms with van der Waals surface area (Å²) in [5.74, 6) is -0.516. The highest BCUT2D eigenvalue weighted by Crippen LogP contribution is 2.57. The zero-order chi connectivity index (χ0) is 74.2. The second-order valence-electron chi connectivity index (χ2n) is 33.7. The summed E-state index contributed by atoms with van der Waals surface area (Å²) in [5, 5.41) is 38.7. The molecule has 103 heavy (non-hydrogen) atoms. The zero-order valence-electron chi connectivity index (χ0n) is 64.6. The molecule has 19 atom stereocenters. The van der Waals surface area contributed by atoms with Crippen LogP contribution in [-0.2, 0) is 71.4 Å². The summed E-state index contributed by atoms with van der Waals surface area (Å²) in [7, 11) is 1.20. The normalized spacial score (nSPS) is 34.3. The molecule has 4 aliphatic heterocycles. The molecule has 0 spiro atoms. The van der Waals surface area contributed by atoms with Gasteiger partial charge >= 0.3 is 29.8 Å². The summed E-state index contributed by atoms with van der Waals surface area (Å²) in [6, 6.07) is 0. The minimum Gasteiger partial charge on any atom is -0.466 e. The molecule has 4 aliphatic carbocycles. The summed E-state index contributed by atoms with van der Waals surface area (Å²) >= 11 is 0. The molecular formula is C85H134O18. The topological polar surface area (TPSA) is 246 Å². The maximum absolute atomic E-state index is 14.5. The van der Waals surface area contributed by atoms with Crippen LogP contribution in [0.4, 0.5) is 0 Å². The van der Waals surface area contributed by atoms with Gasteiger partial charge in [-0.2, -0.15) is 0 Å². The highest BCUT2D eigenvalue weighted by atomic mass is 16.7. The van der Waals surface area contributed by atoms with Crippen molar-refractivity contribution in [1.82, 2.24) is 0 Å². The molecule has 0 aromatic carbocycles. The molecule has 582 valence electrons. The van der Waals surface area contributed by atoms with Gasteiger partial charge < -0.3 is 58.0 Å². The number of rotatable bonds is 40. The number of aliphatic hydroxyl groups excluding tert-OH is 1. The molecular weight excluding hydrogens is 1310 g/mol. The molecule has 0 aromatic rings. The van der Waals surface area contributed by atoms with Crippen LogP contribution in [0.2, 0.25) is 0 Å². The minimum absolute atomic E-state index is 0.0411. The van der Waals surface area contributed by atoms with Crippen molar-refractivity contribution in [1.29, 1.82) is 0 Å². The lowest BCUT2D eigenvalue weighted by Gasteiger charge is -2.54. The largest absolute Gasteiger partial charge is 0.466 e. The Bertz CT molecular complexity index is 2840. The fourth-order valence-electron chi connectivity index (χ4n) is 17.3. The van der Waals surface area contributed by atoms with E-state index in [4.69, 9.17) is 42.6 Å². The summed E-state index contributed by atoms with van der Waals surface area (Å²) in [5.41, 5.74) is -1.85. The maximum atomic E-state index is 14.5. The molecule has 8 aliphatic rings. The lowest BCUT2D eigenvalue weighted by atomic mass is 9.70. The van der Waals surface area contributed by atoms with Gasteiger partial charge in [-0.05, 0) is 143 Å². The summed E-state index contributed by atoms with van der Waals surface area (Å²) in [4.78, 5) is 81.0. The van der Waals surface area contributed by atoms with Crippen LogP contribution in [0, 0.1) is 58.2 Å². The van der Waals surface area contributed by atoms with Gasteiger partial charge in [0.2, 0.25) is 5.79 Å². The number of hydrogen-bond donors (Lipinski definition) is 3. The minimum atomic E-state index is -2.50. The van der Waals surface area contributed by atoms with Gasteiger partial charge in [0.25, 0.3) is 6.47 Å². The van der Waals surface area contributed by atoms with Crippen molar-refractivity contribution in [2.45, 2.75) is 366 Å². The fraction of sp³-hybridized carbons (Fsp3) is 0.812. The van der Waals surface area contributed by atoms with E-state index in [1.54, 1.807) is 58.9 Å². The number of hydrogen-bond acceptors (Lipinski definition) is 18. The van der Waals surface area contributed by atoms with E-state index in [9.17, 15) is 44.1 Å². The van der Waals surface area contributed by atoms with Gasteiger partial charge in [-0.1, -0.05) is 206 Å². The maximum Gasteiger partial charge on any atom is 0.331 e. The summed E-state index contributed by atoms with van der Waals surface area (Å²) in [6.07, 6.45) is 35.8. The molecule has 8 rings (SSSR count). The van der Waals surface area contributed by atoms with Crippen molar-refractivity contribution in [2.24, 2.45) is 58.2 Å². The zero-order valence-corrected chi connectivity index (χ0v) is 64.6. The third kappa shape index (κ3) is 26.6. The van der Waals surface area contributed by atoms with Crippen LogP contribution in [0.25, 0.3) is 0 Å². The van der Waals surface area contributed by atoms with E-state index in [2.05, 4.69) is 13.8 Å². The van der Waals surface area contributed by atoms with Crippen molar-refractivity contribution in [3.8, 4) is 0 Å². The molecule has 4 saturated carbocycles. The van der Waals surface area contributed by atoms with Crippen LogP contribution >= 0.6 is 0 Å². The number of allylic oxidation sites excluding steroid dienone is 3. The lowest BCUT2D eigenvalue weighted by molar-refractivity contribution is -0.349. The molecule has 7 fully saturated rings. The molecule has 0 amide bonds. The van der Waals surface area contributed by atoms with Gasteiger partial charge in [0.05, 0.1) is 49.5 Å². The SMILES string of the molecule is CCCC=CC=CC(=O)O[C@H]1C(=CC(=O)OC)C[C@H]2C[C@H](C(C)OC(=O)CCCCCCCC3CC3CC3CC3CCCCC)OC(=O)C[C@H](O)C[C@@H]3C[C@H](OC(=O)CCCCCCCC4CC4CC4CC4CCCCC)C(C)(C)[C@](O)(C[C@@H]4CC(=CCOC=O)C[C@H](C=CC(C)(C)[C@]1(O)O2)O4)O3. The molecule has 3 N–H and O–H groups in total. The van der Waals surface area contributed by atoms with Crippen LogP contribution in [0.3, 0.4) is 0 Å². The molecule has 18 nitrogen and oxygen atoms in total. The Morgan fingerprint density at radius 2 is 1.21 bits per heavy atom. The Morgan fingerprint density at radius 3 is 1.80 bits per heavy atom. The van der Waals surface area contributed by atoms with Crippen molar-refractivity contribution < 1.29 is 86.7 Å².